The smallest absolute Gasteiger partial charge is 0.261 e. The molecule has 0 atom stereocenters. The number of halogens is 1. The standard InChI is InChI=1S/C18H17BrN4O4/c19-12-3-4-15-14(8-12)18(26)23(11-22-15)6-5-16(24)21-10-17(25)20-9-13-2-1-7-27-13/h1-4,7-8,11H,5-6,9-10H2,(H,20,25)(H,21,24). The number of rotatable bonds is 7. The summed E-state index contributed by atoms with van der Waals surface area (Å²) in [5, 5.41) is 5.63. The number of aryl methyl sites for hydroxylation is 1. The summed E-state index contributed by atoms with van der Waals surface area (Å²) in [5.41, 5.74) is 0.377. The van der Waals surface area contributed by atoms with E-state index in [1.807, 2.05) is 6.07 Å². The second-order valence-corrected chi connectivity index (χ2v) is 6.70. The Labute approximate surface area is 162 Å². The molecule has 0 unspecified atom stereocenters. The van der Waals surface area contributed by atoms with E-state index in [0.29, 0.717) is 16.7 Å². The summed E-state index contributed by atoms with van der Waals surface area (Å²) in [7, 11) is 0. The molecule has 0 aliphatic rings. The molecule has 0 radical (unpaired) electrons. The minimum absolute atomic E-state index is 0.0621. The molecule has 140 valence electrons. The van der Waals surface area contributed by atoms with Crippen molar-refractivity contribution in [2.75, 3.05) is 6.54 Å². The summed E-state index contributed by atoms with van der Waals surface area (Å²) in [6, 6.07) is 8.73. The van der Waals surface area contributed by atoms with E-state index in [4.69, 9.17) is 4.42 Å². The molecule has 0 fully saturated rings. The van der Waals surface area contributed by atoms with Crippen LogP contribution < -0.4 is 16.2 Å². The second kappa shape index (κ2) is 8.63. The van der Waals surface area contributed by atoms with Gasteiger partial charge in [0.05, 0.1) is 36.6 Å². The van der Waals surface area contributed by atoms with Crippen LogP contribution >= 0.6 is 15.9 Å². The quantitative estimate of drug-likeness (QED) is 0.589. The van der Waals surface area contributed by atoms with Gasteiger partial charge in [-0.3, -0.25) is 19.0 Å². The predicted molar refractivity (Wildman–Crippen MR) is 102 cm³/mol. The molecule has 8 nitrogen and oxygen atoms in total. The van der Waals surface area contributed by atoms with Crippen LogP contribution in [-0.2, 0) is 22.7 Å². The normalized spacial score (nSPS) is 10.7. The maximum absolute atomic E-state index is 12.5. The molecule has 3 rings (SSSR count). The first-order valence-corrected chi connectivity index (χ1v) is 9.03. The van der Waals surface area contributed by atoms with Crippen molar-refractivity contribution in [2.24, 2.45) is 0 Å². The molecule has 9 heteroatoms. The lowest BCUT2D eigenvalue weighted by Crippen LogP contribution is -2.37. The van der Waals surface area contributed by atoms with Gasteiger partial charge in [0.25, 0.3) is 5.56 Å². The molecule has 0 aliphatic heterocycles. The Balaban J connectivity index is 1.49. The molecular weight excluding hydrogens is 416 g/mol. The number of benzene rings is 1. The fraction of sp³-hybridized carbons (Fsp3) is 0.222. The average molecular weight is 433 g/mol. The molecule has 2 N–H and O–H groups in total. The van der Waals surface area contributed by atoms with Crippen molar-refractivity contribution in [1.29, 1.82) is 0 Å². The van der Waals surface area contributed by atoms with E-state index in [9.17, 15) is 14.4 Å². The van der Waals surface area contributed by atoms with Crippen molar-refractivity contribution in [3.8, 4) is 0 Å². The second-order valence-electron chi connectivity index (χ2n) is 5.79. The van der Waals surface area contributed by atoms with E-state index in [2.05, 4.69) is 31.5 Å². The largest absolute Gasteiger partial charge is 0.467 e. The number of carbonyl (C=O) groups excluding carboxylic acids is 2. The van der Waals surface area contributed by atoms with Gasteiger partial charge in [-0.1, -0.05) is 15.9 Å². The average Bonchev–Trinajstić information content (AvgIpc) is 3.18. The van der Waals surface area contributed by atoms with Gasteiger partial charge in [-0.2, -0.15) is 0 Å². The number of hydrogen-bond acceptors (Lipinski definition) is 5. The van der Waals surface area contributed by atoms with Gasteiger partial charge < -0.3 is 15.1 Å². The Kier molecular flexibility index (Phi) is 6.02. The third kappa shape index (κ3) is 5.04. The maximum atomic E-state index is 12.5. The van der Waals surface area contributed by atoms with Crippen LogP contribution in [0.2, 0.25) is 0 Å². The summed E-state index contributed by atoms with van der Waals surface area (Å²) in [5.74, 6) is -0.0250. The van der Waals surface area contributed by atoms with Crippen LogP contribution in [0, 0.1) is 0 Å². The number of nitrogens with one attached hydrogen (secondary N) is 2. The number of fused-ring (bicyclic) bond motifs is 1. The number of carbonyl (C=O) groups is 2. The van der Waals surface area contributed by atoms with Gasteiger partial charge in [0, 0.05) is 17.4 Å². The van der Waals surface area contributed by atoms with Crippen LogP contribution in [0.15, 0.2) is 56.6 Å². The van der Waals surface area contributed by atoms with Crippen molar-refractivity contribution >= 4 is 38.6 Å². The third-order valence-corrected chi connectivity index (χ3v) is 4.35. The van der Waals surface area contributed by atoms with E-state index >= 15 is 0 Å². The lowest BCUT2D eigenvalue weighted by molar-refractivity contribution is -0.126. The lowest BCUT2D eigenvalue weighted by atomic mass is 10.2. The van der Waals surface area contributed by atoms with Gasteiger partial charge in [0.2, 0.25) is 11.8 Å². The molecule has 27 heavy (non-hydrogen) atoms. The Morgan fingerprint density at radius 1 is 1.19 bits per heavy atom. The molecule has 0 saturated heterocycles. The van der Waals surface area contributed by atoms with E-state index in [0.717, 1.165) is 4.47 Å². The van der Waals surface area contributed by atoms with Crippen LogP contribution in [0.25, 0.3) is 10.9 Å². The van der Waals surface area contributed by atoms with E-state index in [1.54, 1.807) is 24.3 Å². The van der Waals surface area contributed by atoms with Crippen molar-refractivity contribution < 1.29 is 14.0 Å². The molecular formula is C18H17BrN4O4. The van der Waals surface area contributed by atoms with Crippen LogP contribution in [0.3, 0.4) is 0 Å². The van der Waals surface area contributed by atoms with Gasteiger partial charge in [0.1, 0.15) is 5.76 Å². The lowest BCUT2D eigenvalue weighted by Gasteiger charge is -2.08. The highest BCUT2D eigenvalue weighted by molar-refractivity contribution is 9.10. The fourth-order valence-corrected chi connectivity index (χ4v) is 2.80. The molecule has 3 aromatic rings. The molecule has 1 aromatic carbocycles. The molecule has 0 aliphatic carbocycles. The Morgan fingerprint density at radius 2 is 2.04 bits per heavy atom. The maximum Gasteiger partial charge on any atom is 0.261 e. The van der Waals surface area contributed by atoms with Crippen molar-refractivity contribution in [1.82, 2.24) is 20.2 Å². The number of nitrogens with zero attached hydrogens (tertiary/aromatic N) is 2. The van der Waals surface area contributed by atoms with Gasteiger partial charge >= 0.3 is 0 Å². The highest BCUT2D eigenvalue weighted by atomic mass is 79.9. The Hall–Kier alpha value is -2.94. The van der Waals surface area contributed by atoms with Crippen molar-refractivity contribution in [2.45, 2.75) is 19.5 Å². The zero-order valence-corrected chi connectivity index (χ0v) is 15.9. The fourth-order valence-electron chi connectivity index (χ4n) is 2.44. The van der Waals surface area contributed by atoms with E-state index in [1.165, 1.54) is 17.2 Å². The monoisotopic (exact) mass is 432 g/mol. The third-order valence-electron chi connectivity index (χ3n) is 3.85. The van der Waals surface area contributed by atoms with Gasteiger partial charge in [-0.05, 0) is 30.3 Å². The van der Waals surface area contributed by atoms with Crippen LogP contribution in [0.1, 0.15) is 12.2 Å². The van der Waals surface area contributed by atoms with E-state index in [-0.39, 0.29) is 43.4 Å². The summed E-state index contributed by atoms with van der Waals surface area (Å²) < 4.78 is 7.27. The minimum atomic E-state index is -0.329. The Morgan fingerprint density at radius 3 is 2.81 bits per heavy atom. The van der Waals surface area contributed by atoms with Crippen molar-refractivity contribution in [3.05, 3.63) is 63.5 Å². The molecule has 0 saturated carbocycles. The van der Waals surface area contributed by atoms with Crippen molar-refractivity contribution in [3.63, 3.8) is 0 Å². The molecule has 2 amide bonds. The summed E-state index contributed by atoms with van der Waals surface area (Å²) in [4.78, 5) is 40.3. The highest BCUT2D eigenvalue weighted by Gasteiger charge is 2.09. The first-order valence-electron chi connectivity index (χ1n) is 8.23. The van der Waals surface area contributed by atoms with Gasteiger partial charge in [-0.25, -0.2) is 4.98 Å². The first kappa shape index (κ1) is 18.8. The van der Waals surface area contributed by atoms with Crippen LogP contribution in [0.5, 0.6) is 0 Å². The van der Waals surface area contributed by atoms with Crippen LogP contribution in [-0.4, -0.2) is 27.9 Å². The van der Waals surface area contributed by atoms with E-state index < -0.39 is 0 Å². The molecule has 2 heterocycles. The van der Waals surface area contributed by atoms with Gasteiger partial charge in [0.15, 0.2) is 0 Å². The topological polar surface area (TPSA) is 106 Å². The van der Waals surface area contributed by atoms with Crippen LogP contribution in [0.4, 0.5) is 0 Å². The highest BCUT2D eigenvalue weighted by Crippen LogP contribution is 2.14. The zero-order chi connectivity index (χ0) is 19.2. The molecule has 0 spiro atoms. The first-order chi connectivity index (χ1) is 13.0. The number of aromatic nitrogens is 2. The molecule has 2 aromatic heterocycles. The Bertz CT molecular complexity index is 1010. The summed E-state index contributed by atoms with van der Waals surface area (Å²) in [6.45, 7) is 0.293. The number of furan rings is 1. The SMILES string of the molecule is O=C(CCn1cnc2ccc(Br)cc2c1=O)NCC(=O)NCc1ccco1. The van der Waals surface area contributed by atoms with Gasteiger partial charge in [-0.15, -0.1) is 0 Å². The predicted octanol–water partition coefficient (Wildman–Crippen LogP) is 1.57. The number of amides is 2. The summed E-state index contributed by atoms with van der Waals surface area (Å²) in [6.07, 6.45) is 3.00. The number of hydrogen-bond donors (Lipinski definition) is 2. The minimum Gasteiger partial charge on any atom is -0.467 e. The molecule has 0 bridgehead atoms. The zero-order valence-electron chi connectivity index (χ0n) is 14.3. The summed E-state index contributed by atoms with van der Waals surface area (Å²) >= 11 is 3.33.